The summed E-state index contributed by atoms with van der Waals surface area (Å²) in [5, 5.41) is 1.12. The molecule has 0 spiro atoms. The average Bonchev–Trinajstić information content (AvgIpc) is 2.38. The van der Waals surface area contributed by atoms with Crippen LogP contribution in [-0.2, 0) is 0 Å². The van der Waals surface area contributed by atoms with Crippen molar-refractivity contribution in [3.05, 3.63) is 55.2 Å². The Morgan fingerprint density at radius 3 is 2.47 bits per heavy atom. The van der Waals surface area contributed by atoms with Crippen LogP contribution in [0.3, 0.4) is 0 Å². The van der Waals surface area contributed by atoms with Crippen molar-refractivity contribution in [3.8, 4) is 0 Å². The zero-order valence-electron chi connectivity index (χ0n) is 10.2. The number of fused-ring (bicyclic) bond motifs is 3. The standard InChI is InChI=1S/C14H9ClO4/c1-6-7(2)18-13-8-3-4-11(16)19-14(8)10(15)5-9(13)12(6)17/h3-5H,1-2H3. The number of hydrogen-bond donors (Lipinski definition) is 0. The van der Waals surface area contributed by atoms with E-state index in [9.17, 15) is 9.59 Å². The van der Waals surface area contributed by atoms with Gasteiger partial charge in [-0.15, -0.1) is 0 Å². The molecule has 0 aliphatic heterocycles. The molecule has 0 N–H and O–H groups in total. The van der Waals surface area contributed by atoms with Crippen molar-refractivity contribution in [3.63, 3.8) is 0 Å². The highest BCUT2D eigenvalue weighted by molar-refractivity contribution is 6.36. The Kier molecular flexibility index (Phi) is 2.50. The Morgan fingerprint density at radius 2 is 1.74 bits per heavy atom. The average molecular weight is 277 g/mol. The topological polar surface area (TPSA) is 60.4 Å². The molecule has 0 saturated heterocycles. The van der Waals surface area contributed by atoms with Gasteiger partial charge in [0.2, 0.25) is 0 Å². The summed E-state index contributed by atoms with van der Waals surface area (Å²) in [6.07, 6.45) is 0. The largest absolute Gasteiger partial charge is 0.460 e. The van der Waals surface area contributed by atoms with E-state index in [1.54, 1.807) is 19.9 Å². The van der Waals surface area contributed by atoms with Gasteiger partial charge in [-0.1, -0.05) is 11.6 Å². The van der Waals surface area contributed by atoms with Crippen molar-refractivity contribution >= 4 is 33.5 Å². The van der Waals surface area contributed by atoms with Gasteiger partial charge in [-0.25, -0.2) is 4.79 Å². The second-order valence-corrected chi connectivity index (χ2v) is 4.75. The summed E-state index contributed by atoms with van der Waals surface area (Å²) in [6.45, 7) is 3.42. The van der Waals surface area contributed by atoms with Gasteiger partial charge in [0.05, 0.1) is 15.8 Å². The van der Waals surface area contributed by atoms with Crippen LogP contribution in [-0.4, -0.2) is 0 Å². The van der Waals surface area contributed by atoms with Crippen LogP contribution in [0.25, 0.3) is 21.9 Å². The summed E-state index contributed by atoms with van der Waals surface area (Å²) in [4.78, 5) is 23.4. The number of aryl methyl sites for hydroxylation is 1. The van der Waals surface area contributed by atoms with Gasteiger partial charge in [0.15, 0.2) is 11.0 Å². The van der Waals surface area contributed by atoms with E-state index in [0.29, 0.717) is 27.7 Å². The maximum atomic E-state index is 12.2. The third kappa shape index (κ3) is 1.68. The lowest BCUT2D eigenvalue weighted by atomic mass is 10.1. The smallest absolute Gasteiger partial charge is 0.336 e. The Morgan fingerprint density at radius 1 is 1.00 bits per heavy atom. The molecule has 0 saturated carbocycles. The van der Waals surface area contributed by atoms with Crippen molar-refractivity contribution in [1.29, 1.82) is 0 Å². The molecule has 3 rings (SSSR count). The summed E-state index contributed by atoms with van der Waals surface area (Å²) in [5.41, 5.74) is 0.526. The van der Waals surface area contributed by atoms with Crippen molar-refractivity contribution in [2.45, 2.75) is 13.8 Å². The van der Waals surface area contributed by atoms with Crippen molar-refractivity contribution in [2.75, 3.05) is 0 Å². The number of rotatable bonds is 0. The summed E-state index contributed by atoms with van der Waals surface area (Å²) in [6, 6.07) is 4.29. The highest BCUT2D eigenvalue weighted by atomic mass is 35.5. The minimum absolute atomic E-state index is 0.131. The van der Waals surface area contributed by atoms with Gasteiger partial charge in [0, 0.05) is 11.6 Å². The molecule has 0 amide bonds. The molecule has 19 heavy (non-hydrogen) atoms. The van der Waals surface area contributed by atoms with Gasteiger partial charge in [-0.3, -0.25) is 4.79 Å². The van der Waals surface area contributed by atoms with Gasteiger partial charge < -0.3 is 8.83 Å². The Bertz CT molecular complexity index is 934. The van der Waals surface area contributed by atoms with Crippen molar-refractivity contribution in [2.24, 2.45) is 0 Å². The second-order valence-electron chi connectivity index (χ2n) is 4.34. The van der Waals surface area contributed by atoms with E-state index in [0.717, 1.165) is 0 Å². The highest BCUT2D eigenvalue weighted by Crippen LogP contribution is 2.30. The van der Waals surface area contributed by atoms with E-state index in [1.165, 1.54) is 12.1 Å². The Balaban J connectivity index is 2.69. The van der Waals surface area contributed by atoms with Crippen LogP contribution in [0.5, 0.6) is 0 Å². The van der Waals surface area contributed by atoms with E-state index < -0.39 is 5.63 Å². The summed E-state index contributed by atoms with van der Waals surface area (Å²) in [7, 11) is 0. The summed E-state index contributed by atoms with van der Waals surface area (Å²) < 4.78 is 10.7. The molecule has 5 heteroatoms. The molecular weight excluding hydrogens is 268 g/mol. The van der Waals surface area contributed by atoms with Crippen LogP contribution >= 0.6 is 11.6 Å². The van der Waals surface area contributed by atoms with Crippen LogP contribution in [0.15, 0.2) is 36.6 Å². The molecule has 96 valence electrons. The Labute approximate surface area is 112 Å². The lowest BCUT2D eigenvalue weighted by Gasteiger charge is -2.06. The number of halogens is 1. The van der Waals surface area contributed by atoms with Crippen LogP contribution in [0.2, 0.25) is 5.02 Å². The second kappa shape index (κ2) is 3.96. The van der Waals surface area contributed by atoms with Crippen LogP contribution in [0, 0.1) is 13.8 Å². The molecule has 1 aromatic carbocycles. The molecule has 0 aliphatic carbocycles. The van der Waals surface area contributed by atoms with Crippen LogP contribution in [0.4, 0.5) is 0 Å². The minimum Gasteiger partial charge on any atom is -0.460 e. The zero-order valence-corrected chi connectivity index (χ0v) is 11.0. The first-order valence-corrected chi connectivity index (χ1v) is 6.03. The van der Waals surface area contributed by atoms with Crippen molar-refractivity contribution < 1.29 is 8.83 Å². The third-order valence-corrected chi connectivity index (χ3v) is 3.46. The molecule has 2 heterocycles. The van der Waals surface area contributed by atoms with Gasteiger partial charge in [0.25, 0.3) is 0 Å². The third-order valence-electron chi connectivity index (χ3n) is 3.18. The van der Waals surface area contributed by atoms with Gasteiger partial charge in [0.1, 0.15) is 11.3 Å². The zero-order chi connectivity index (χ0) is 13.7. The predicted octanol–water partition coefficient (Wildman–Crippen LogP) is 3.17. The predicted molar refractivity (Wildman–Crippen MR) is 73.0 cm³/mol. The molecular formula is C14H9ClO4. The van der Waals surface area contributed by atoms with E-state index >= 15 is 0 Å². The number of benzene rings is 1. The van der Waals surface area contributed by atoms with E-state index in [2.05, 4.69) is 0 Å². The molecule has 0 radical (unpaired) electrons. The summed E-state index contributed by atoms with van der Waals surface area (Å²) >= 11 is 6.06. The maximum Gasteiger partial charge on any atom is 0.336 e. The monoisotopic (exact) mass is 276 g/mol. The van der Waals surface area contributed by atoms with Crippen molar-refractivity contribution in [1.82, 2.24) is 0 Å². The van der Waals surface area contributed by atoms with Gasteiger partial charge >= 0.3 is 5.63 Å². The lowest BCUT2D eigenvalue weighted by molar-refractivity contribution is 0.551. The fourth-order valence-corrected chi connectivity index (χ4v) is 2.30. The molecule has 2 aromatic heterocycles. The maximum absolute atomic E-state index is 12.2. The molecule has 0 aliphatic rings. The van der Waals surface area contributed by atoms with Crippen LogP contribution in [0.1, 0.15) is 11.3 Å². The fourth-order valence-electron chi connectivity index (χ4n) is 2.05. The van der Waals surface area contributed by atoms with E-state index in [-0.39, 0.29) is 16.0 Å². The molecule has 0 fully saturated rings. The first kappa shape index (κ1) is 12.0. The van der Waals surface area contributed by atoms with E-state index in [1.807, 2.05) is 0 Å². The highest BCUT2D eigenvalue weighted by Gasteiger charge is 2.14. The Hall–Kier alpha value is -2.07. The molecule has 0 unspecified atom stereocenters. The van der Waals surface area contributed by atoms with Crippen LogP contribution < -0.4 is 11.1 Å². The summed E-state index contributed by atoms with van der Waals surface area (Å²) in [5.74, 6) is 0.535. The fraction of sp³-hybridized carbons (Fsp3) is 0.143. The lowest BCUT2D eigenvalue weighted by Crippen LogP contribution is -2.08. The minimum atomic E-state index is -0.500. The number of hydrogen-bond acceptors (Lipinski definition) is 4. The SMILES string of the molecule is Cc1oc2c(cc(Cl)c3oc(=O)ccc32)c(=O)c1C. The first-order chi connectivity index (χ1) is 8.99. The quantitative estimate of drug-likeness (QED) is 0.467. The van der Waals surface area contributed by atoms with E-state index in [4.69, 9.17) is 20.4 Å². The molecule has 3 aromatic rings. The molecule has 0 bridgehead atoms. The van der Waals surface area contributed by atoms with Gasteiger partial charge in [-0.05, 0) is 26.0 Å². The van der Waals surface area contributed by atoms with Gasteiger partial charge in [-0.2, -0.15) is 0 Å². The molecule has 4 nitrogen and oxygen atoms in total. The normalized spacial score (nSPS) is 11.3. The molecule has 0 atom stereocenters. The first-order valence-electron chi connectivity index (χ1n) is 5.65.